The summed E-state index contributed by atoms with van der Waals surface area (Å²) in [6, 6.07) is 3.46. The molecule has 1 N–H and O–H groups in total. The second-order valence-electron chi connectivity index (χ2n) is 2.03. The molecule has 12 heavy (non-hydrogen) atoms. The summed E-state index contributed by atoms with van der Waals surface area (Å²) in [5, 5.41) is 8.52. The lowest BCUT2D eigenvalue weighted by atomic mass is 10.2. The maximum atomic E-state index is 12.7. The third kappa shape index (κ3) is 1.89. The van der Waals surface area contributed by atoms with Gasteiger partial charge in [0.2, 0.25) is 0 Å². The Morgan fingerprint density at radius 1 is 1.58 bits per heavy atom. The largest absolute Gasteiger partial charge is 0.478 e. The van der Waals surface area contributed by atoms with Crippen molar-refractivity contribution in [3.8, 4) is 0 Å². The average molecular weight is 207 g/mol. The van der Waals surface area contributed by atoms with E-state index < -0.39 is 11.8 Å². The average Bonchev–Trinajstić information content (AvgIpc) is 2.05. The fraction of sp³-hybridized carbons (Fsp3) is 0. The highest BCUT2D eigenvalue weighted by Gasteiger charge is 2.07. The molecule has 0 aliphatic heterocycles. The van der Waals surface area contributed by atoms with E-state index in [4.69, 9.17) is 15.8 Å². The first-order valence-corrected chi connectivity index (χ1v) is 4.61. The summed E-state index contributed by atoms with van der Waals surface area (Å²) in [5.41, 5.74) is 0.0274. The van der Waals surface area contributed by atoms with Crippen molar-refractivity contribution in [3.05, 3.63) is 29.6 Å². The number of halogens is 2. The molecule has 0 unspecified atom stereocenters. The Kier molecular flexibility index (Phi) is 2.94. The molecular formula is C7H4ClFO2S. The molecule has 1 rings (SSSR count). The van der Waals surface area contributed by atoms with E-state index in [0.29, 0.717) is 11.0 Å². The molecule has 0 amide bonds. The van der Waals surface area contributed by atoms with Crippen molar-refractivity contribution in [2.45, 2.75) is 4.90 Å². The fourth-order valence-corrected chi connectivity index (χ4v) is 1.36. The number of carboxylic acids is 1. The molecular weight excluding hydrogens is 203 g/mol. The van der Waals surface area contributed by atoms with Crippen LogP contribution in [-0.2, 0) is 0 Å². The Hall–Kier alpha value is -0.740. The lowest BCUT2D eigenvalue weighted by molar-refractivity contribution is 0.0696. The summed E-state index contributed by atoms with van der Waals surface area (Å²) in [7, 11) is 5.95. The van der Waals surface area contributed by atoms with Gasteiger partial charge in [0, 0.05) is 0 Å². The predicted octanol–water partition coefficient (Wildman–Crippen LogP) is 2.77. The monoisotopic (exact) mass is 206 g/mol. The Balaban J connectivity index is 3.13. The van der Waals surface area contributed by atoms with E-state index in [9.17, 15) is 9.18 Å². The van der Waals surface area contributed by atoms with Gasteiger partial charge in [0.05, 0.1) is 10.5 Å². The third-order valence-electron chi connectivity index (χ3n) is 1.26. The van der Waals surface area contributed by atoms with E-state index >= 15 is 0 Å². The standard InChI is InChI=1S/C7H4ClFO2S/c8-12-6-3-4(7(10)11)1-2-5(6)9/h1-3H,(H,10,11). The van der Waals surface area contributed by atoms with Gasteiger partial charge in [-0.15, -0.1) is 0 Å². The van der Waals surface area contributed by atoms with Crippen molar-refractivity contribution >= 4 is 27.6 Å². The number of carbonyl (C=O) groups is 1. The maximum absolute atomic E-state index is 12.7. The quantitative estimate of drug-likeness (QED) is 0.809. The number of carboxylic acid groups (broad SMARTS) is 1. The van der Waals surface area contributed by atoms with Crippen LogP contribution in [0.15, 0.2) is 23.1 Å². The van der Waals surface area contributed by atoms with Gasteiger partial charge in [-0.25, -0.2) is 9.18 Å². The van der Waals surface area contributed by atoms with Gasteiger partial charge in [-0.05, 0) is 39.9 Å². The van der Waals surface area contributed by atoms with Crippen molar-refractivity contribution in [2.75, 3.05) is 0 Å². The first-order chi connectivity index (χ1) is 5.65. The van der Waals surface area contributed by atoms with Crippen LogP contribution in [0.3, 0.4) is 0 Å². The van der Waals surface area contributed by atoms with Crippen LogP contribution in [0.25, 0.3) is 0 Å². The predicted molar refractivity (Wildman–Crippen MR) is 45.1 cm³/mol. The summed E-state index contributed by atoms with van der Waals surface area (Å²) in [4.78, 5) is 10.5. The number of rotatable bonds is 2. The van der Waals surface area contributed by atoms with E-state index in [1.165, 1.54) is 12.1 Å². The van der Waals surface area contributed by atoms with E-state index in [-0.39, 0.29) is 10.5 Å². The molecule has 0 aliphatic rings. The summed E-state index contributed by atoms with van der Waals surface area (Å²) in [5.74, 6) is -1.61. The molecule has 0 saturated heterocycles. The van der Waals surface area contributed by atoms with Crippen molar-refractivity contribution in [1.29, 1.82) is 0 Å². The summed E-state index contributed by atoms with van der Waals surface area (Å²) >= 11 is 0. The van der Waals surface area contributed by atoms with E-state index in [0.717, 1.165) is 6.07 Å². The molecule has 0 aromatic heterocycles. The molecule has 0 radical (unpaired) electrons. The Morgan fingerprint density at radius 2 is 2.25 bits per heavy atom. The van der Waals surface area contributed by atoms with Crippen LogP contribution in [-0.4, -0.2) is 11.1 Å². The SMILES string of the molecule is O=C(O)c1ccc(F)c(SCl)c1. The molecule has 1 aromatic carbocycles. The van der Waals surface area contributed by atoms with Crippen molar-refractivity contribution in [2.24, 2.45) is 0 Å². The summed E-state index contributed by atoms with van der Waals surface area (Å²) in [6.07, 6.45) is 0. The molecule has 0 atom stereocenters. The van der Waals surface area contributed by atoms with Gasteiger partial charge in [0.1, 0.15) is 5.82 Å². The molecule has 0 spiro atoms. The van der Waals surface area contributed by atoms with Gasteiger partial charge in [-0.1, -0.05) is 0 Å². The first kappa shape index (κ1) is 9.35. The highest BCUT2D eigenvalue weighted by Crippen LogP contribution is 2.25. The maximum Gasteiger partial charge on any atom is 0.335 e. The minimum atomic E-state index is -1.10. The normalized spacial score (nSPS) is 9.83. The van der Waals surface area contributed by atoms with Gasteiger partial charge in [-0.2, -0.15) is 0 Å². The lowest BCUT2D eigenvalue weighted by Gasteiger charge is -1.98. The van der Waals surface area contributed by atoms with E-state index in [2.05, 4.69) is 0 Å². The molecule has 1 aromatic rings. The van der Waals surface area contributed by atoms with Gasteiger partial charge in [0.15, 0.2) is 0 Å². The number of hydrogen-bond acceptors (Lipinski definition) is 2. The topological polar surface area (TPSA) is 37.3 Å². The fourth-order valence-electron chi connectivity index (χ4n) is 0.696. The molecule has 0 heterocycles. The van der Waals surface area contributed by atoms with Gasteiger partial charge < -0.3 is 5.11 Å². The van der Waals surface area contributed by atoms with Crippen LogP contribution in [0.4, 0.5) is 4.39 Å². The van der Waals surface area contributed by atoms with Gasteiger partial charge >= 0.3 is 5.97 Å². The van der Waals surface area contributed by atoms with Crippen LogP contribution in [0.5, 0.6) is 0 Å². The van der Waals surface area contributed by atoms with Gasteiger partial charge in [0.25, 0.3) is 0 Å². The Labute approximate surface area is 76.8 Å². The minimum Gasteiger partial charge on any atom is -0.478 e. The number of aromatic carboxylic acids is 1. The molecule has 0 fully saturated rings. The molecule has 0 aliphatic carbocycles. The lowest BCUT2D eigenvalue weighted by Crippen LogP contribution is -1.96. The van der Waals surface area contributed by atoms with E-state index in [1.54, 1.807) is 0 Å². The highest BCUT2D eigenvalue weighted by atomic mass is 35.7. The zero-order valence-corrected chi connectivity index (χ0v) is 7.32. The van der Waals surface area contributed by atoms with Crippen molar-refractivity contribution in [1.82, 2.24) is 0 Å². The number of hydrogen-bond donors (Lipinski definition) is 1. The van der Waals surface area contributed by atoms with Crippen molar-refractivity contribution in [3.63, 3.8) is 0 Å². The molecule has 0 bridgehead atoms. The molecule has 64 valence electrons. The van der Waals surface area contributed by atoms with Gasteiger partial charge in [-0.3, -0.25) is 0 Å². The molecule has 2 nitrogen and oxygen atoms in total. The smallest absolute Gasteiger partial charge is 0.335 e. The second kappa shape index (κ2) is 3.78. The molecule has 5 heteroatoms. The highest BCUT2D eigenvalue weighted by molar-refractivity contribution is 8.21. The number of benzene rings is 1. The summed E-state index contributed by atoms with van der Waals surface area (Å²) in [6.45, 7) is 0. The van der Waals surface area contributed by atoms with Crippen molar-refractivity contribution < 1.29 is 14.3 Å². The van der Waals surface area contributed by atoms with Crippen LogP contribution < -0.4 is 0 Å². The minimum absolute atomic E-state index is 0.0274. The zero-order chi connectivity index (χ0) is 9.14. The van der Waals surface area contributed by atoms with E-state index in [1.807, 2.05) is 0 Å². The molecule has 0 saturated carbocycles. The van der Waals surface area contributed by atoms with Crippen LogP contribution in [0.1, 0.15) is 10.4 Å². The second-order valence-corrected chi connectivity index (χ2v) is 3.08. The summed E-state index contributed by atoms with van der Waals surface area (Å²) < 4.78 is 12.7. The Morgan fingerprint density at radius 3 is 2.75 bits per heavy atom. The first-order valence-electron chi connectivity index (χ1n) is 2.96. The van der Waals surface area contributed by atoms with Crippen LogP contribution in [0.2, 0.25) is 0 Å². The third-order valence-corrected chi connectivity index (χ3v) is 2.24. The van der Waals surface area contributed by atoms with Crippen LogP contribution in [0, 0.1) is 5.82 Å². The van der Waals surface area contributed by atoms with Crippen LogP contribution >= 0.6 is 21.7 Å². The Bertz CT molecular complexity index is 316. The zero-order valence-electron chi connectivity index (χ0n) is 5.75.